The quantitative estimate of drug-likeness (QED) is 0.831. The predicted octanol–water partition coefficient (Wildman–Crippen LogP) is 2.61. The first-order valence-corrected chi connectivity index (χ1v) is 11.5. The fraction of sp³-hybridized carbons (Fsp3) is 0.708. The minimum absolute atomic E-state index is 0.0905. The van der Waals surface area contributed by atoms with E-state index < -0.39 is 17.1 Å². The molecule has 29 heavy (non-hydrogen) atoms. The number of nitrogens with zero attached hydrogens (tertiary/aromatic N) is 1. The van der Waals surface area contributed by atoms with Crippen molar-refractivity contribution in [3.63, 3.8) is 0 Å². The van der Waals surface area contributed by atoms with Crippen LogP contribution >= 0.6 is 0 Å². The summed E-state index contributed by atoms with van der Waals surface area (Å²) in [5, 5.41) is 12.2. The molecule has 1 spiro atoms. The highest BCUT2D eigenvalue weighted by Crippen LogP contribution is 2.65. The first kappa shape index (κ1) is 17.1. The summed E-state index contributed by atoms with van der Waals surface area (Å²) in [7, 11) is 0. The molecule has 6 aliphatic rings. The maximum absolute atomic E-state index is 13.0. The molecule has 0 radical (unpaired) electrons. The van der Waals surface area contributed by atoms with Crippen LogP contribution in [0.15, 0.2) is 12.1 Å². The Balaban J connectivity index is 1.37. The number of carbonyl (C=O) groups is 1. The lowest BCUT2D eigenvalue weighted by atomic mass is 9.49. The normalized spacial score (nSPS) is 39.8. The van der Waals surface area contributed by atoms with Crippen molar-refractivity contribution in [1.29, 1.82) is 0 Å². The van der Waals surface area contributed by atoms with Crippen LogP contribution in [0.5, 0.6) is 11.5 Å². The number of carbonyl (C=O) groups excluding carboxylic acids is 1. The summed E-state index contributed by atoms with van der Waals surface area (Å²) in [6.45, 7) is 2.76. The van der Waals surface area contributed by atoms with Crippen molar-refractivity contribution in [1.82, 2.24) is 4.90 Å². The number of ketones is 1. The van der Waals surface area contributed by atoms with E-state index in [9.17, 15) is 9.90 Å². The van der Waals surface area contributed by atoms with E-state index >= 15 is 0 Å². The van der Waals surface area contributed by atoms with E-state index in [1.807, 2.05) is 6.07 Å². The molecule has 4 aliphatic carbocycles. The van der Waals surface area contributed by atoms with E-state index in [-0.39, 0.29) is 11.8 Å². The van der Waals surface area contributed by atoms with Gasteiger partial charge in [-0.05, 0) is 75.0 Å². The minimum atomic E-state index is -0.883. The molecule has 1 aromatic carbocycles. The van der Waals surface area contributed by atoms with Gasteiger partial charge in [-0.25, -0.2) is 0 Å². The van der Waals surface area contributed by atoms with Crippen LogP contribution in [-0.4, -0.2) is 53.2 Å². The first-order chi connectivity index (χ1) is 14.1. The molecule has 3 saturated carbocycles. The van der Waals surface area contributed by atoms with Crippen LogP contribution in [0.2, 0.25) is 0 Å². The van der Waals surface area contributed by atoms with E-state index in [0.717, 1.165) is 55.5 Å². The number of likely N-dealkylation sites (tertiary alicyclic amines) is 1. The summed E-state index contributed by atoms with van der Waals surface area (Å²) >= 11 is 0. The molecular formula is C24H29NO4. The number of hydrogen-bond donors (Lipinski definition) is 1. The molecule has 1 saturated heterocycles. The minimum Gasteiger partial charge on any atom is -0.489 e. The summed E-state index contributed by atoms with van der Waals surface area (Å²) in [6, 6.07) is 4.31. The molecule has 1 aromatic rings. The van der Waals surface area contributed by atoms with Gasteiger partial charge in [0.1, 0.15) is 0 Å². The Bertz CT molecular complexity index is 906. The van der Waals surface area contributed by atoms with Gasteiger partial charge in [-0.1, -0.05) is 6.07 Å². The van der Waals surface area contributed by atoms with Crippen LogP contribution in [0.25, 0.3) is 0 Å². The third-order valence-electron chi connectivity index (χ3n) is 8.71. The van der Waals surface area contributed by atoms with Crippen LogP contribution in [0.1, 0.15) is 56.1 Å². The van der Waals surface area contributed by atoms with Crippen LogP contribution in [0.4, 0.5) is 0 Å². The van der Waals surface area contributed by atoms with Crippen molar-refractivity contribution in [3.8, 4) is 11.5 Å². The van der Waals surface area contributed by atoms with Crippen LogP contribution in [-0.2, 0) is 16.6 Å². The fourth-order valence-corrected chi connectivity index (χ4v) is 6.86. The van der Waals surface area contributed by atoms with Gasteiger partial charge < -0.3 is 14.6 Å². The number of aliphatic hydroxyl groups is 1. The molecular weight excluding hydrogens is 366 g/mol. The second-order valence-corrected chi connectivity index (χ2v) is 10.4. The number of hydrogen-bond acceptors (Lipinski definition) is 5. The van der Waals surface area contributed by atoms with Gasteiger partial charge in [0.05, 0.1) is 17.6 Å². The van der Waals surface area contributed by atoms with Crippen molar-refractivity contribution in [2.24, 2.45) is 11.8 Å². The SMILES string of the molecule is O=C1CCC2(O)C3Cc4ccc(OCC5CC5)c5c4C2(CCN3CC2CC2)C1O5. The molecule has 4 atom stereocenters. The van der Waals surface area contributed by atoms with Crippen LogP contribution in [0.3, 0.4) is 0 Å². The van der Waals surface area contributed by atoms with Gasteiger partial charge in [0, 0.05) is 24.6 Å². The van der Waals surface area contributed by atoms with Crippen molar-refractivity contribution in [3.05, 3.63) is 23.3 Å². The zero-order valence-electron chi connectivity index (χ0n) is 16.9. The van der Waals surface area contributed by atoms with Gasteiger partial charge >= 0.3 is 0 Å². The largest absolute Gasteiger partial charge is 0.489 e. The van der Waals surface area contributed by atoms with Crippen LogP contribution in [0, 0.1) is 11.8 Å². The zero-order valence-corrected chi connectivity index (χ0v) is 16.9. The molecule has 5 heteroatoms. The molecule has 4 unspecified atom stereocenters. The Morgan fingerprint density at radius 2 is 2.00 bits per heavy atom. The van der Waals surface area contributed by atoms with Crippen molar-refractivity contribution in [2.45, 2.75) is 74.5 Å². The average Bonchev–Trinajstić information content (AvgIpc) is 3.63. The van der Waals surface area contributed by atoms with Gasteiger partial charge in [-0.2, -0.15) is 0 Å². The molecule has 4 fully saturated rings. The number of ether oxygens (including phenoxy) is 2. The number of Topliss-reactive ketones (excluding diaryl/α,β-unsaturated/α-hetero) is 1. The third kappa shape index (κ3) is 2.16. The Hall–Kier alpha value is -1.59. The van der Waals surface area contributed by atoms with E-state index in [4.69, 9.17) is 9.47 Å². The summed E-state index contributed by atoms with van der Waals surface area (Å²) < 4.78 is 12.6. The highest BCUT2D eigenvalue weighted by atomic mass is 16.5. The maximum Gasteiger partial charge on any atom is 0.174 e. The average molecular weight is 395 g/mol. The lowest BCUT2D eigenvalue weighted by molar-refractivity contribution is -0.188. The summed E-state index contributed by atoms with van der Waals surface area (Å²) in [4.78, 5) is 15.6. The molecule has 0 amide bonds. The summed E-state index contributed by atoms with van der Waals surface area (Å²) in [5.74, 6) is 3.14. The Morgan fingerprint density at radius 1 is 1.17 bits per heavy atom. The van der Waals surface area contributed by atoms with Gasteiger partial charge in [0.2, 0.25) is 0 Å². The van der Waals surface area contributed by atoms with Gasteiger partial charge in [0.25, 0.3) is 0 Å². The summed E-state index contributed by atoms with van der Waals surface area (Å²) in [6.07, 6.45) is 7.19. The second-order valence-electron chi connectivity index (χ2n) is 10.4. The third-order valence-corrected chi connectivity index (χ3v) is 8.71. The Morgan fingerprint density at radius 3 is 2.79 bits per heavy atom. The molecule has 154 valence electrons. The van der Waals surface area contributed by atoms with E-state index in [1.165, 1.54) is 31.2 Å². The topological polar surface area (TPSA) is 59.0 Å². The Kier molecular flexibility index (Phi) is 3.28. The van der Waals surface area contributed by atoms with Crippen molar-refractivity contribution < 1.29 is 19.4 Å². The molecule has 2 heterocycles. The second kappa shape index (κ2) is 5.55. The fourth-order valence-electron chi connectivity index (χ4n) is 6.86. The molecule has 2 aliphatic heterocycles. The molecule has 5 nitrogen and oxygen atoms in total. The standard InChI is InChI=1S/C24H29NO4/c26-17-7-8-24(27)19-11-16-5-6-18(28-13-15-3-4-15)21-20(16)23(24,22(17)29-21)9-10-25(19)12-14-1-2-14/h5-6,14-15,19,22,27H,1-4,7-13H2. The monoisotopic (exact) mass is 395 g/mol. The van der Waals surface area contributed by atoms with Gasteiger partial charge in [0.15, 0.2) is 23.4 Å². The molecule has 0 aromatic heterocycles. The molecule has 1 N–H and O–H groups in total. The number of piperidine rings is 1. The summed E-state index contributed by atoms with van der Waals surface area (Å²) in [5.41, 5.74) is 0.890. The lowest BCUT2D eigenvalue weighted by Gasteiger charge is -2.62. The highest BCUT2D eigenvalue weighted by Gasteiger charge is 2.73. The number of benzene rings is 1. The van der Waals surface area contributed by atoms with E-state index in [2.05, 4.69) is 11.0 Å². The van der Waals surface area contributed by atoms with Gasteiger partial charge in [-0.3, -0.25) is 9.69 Å². The van der Waals surface area contributed by atoms with E-state index in [0.29, 0.717) is 18.8 Å². The first-order valence-electron chi connectivity index (χ1n) is 11.5. The lowest BCUT2D eigenvalue weighted by Crippen LogP contribution is -2.76. The highest BCUT2D eigenvalue weighted by molar-refractivity contribution is 5.90. The van der Waals surface area contributed by atoms with Crippen LogP contribution < -0.4 is 9.47 Å². The zero-order chi connectivity index (χ0) is 19.4. The smallest absolute Gasteiger partial charge is 0.174 e. The number of rotatable bonds is 5. The maximum atomic E-state index is 13.0. The van der Waals surface area contributed by atoms with E-state index in [1.54, 1.807) is 0 Å². The van der Waals surface area contributed by atoms with Crippen molar-refractivity contribution in [2.75, 3.05) is 19.7 Å². The molecule has 7 rings (SSSR count). The Labute approximate surface area is 171 Å². The predicted molar refractivity (Wildman–Crippen MR) is 106 cm³/mol. The van der Waals surface area contributed by atoms with Crippen molar-refractivity contribution >= 4 is 5.78 Å². The molecule has 2 bridgehead atoms. The van der Waals surface area contributed by atoms with Gasteiger partial charge in [-0.15, -0.1) is 0 Å².